The molecule has 0 radical (unpaired) electrons. The first-order chi connectivity index (χ1) is 8.33. The van der Waals surface area contributed by atoms with E-state index in [-0.39, 0.29) is 12.2 Å². The quantitative estimate of drug-likeness (QED) is 0.776. The summed E-state index contributed by atoms with van der Waals surface area (Å²) in [7, 11) is 0. The number of imide groups is 3. The van der Waals surface area contributed by atoms with Gasteiger partial charge in [-0.05, 0) is 26.7 Å². The third-order valence-corrected chi connectivity index (χ3v) is 2.43. The van der Waals surface area contributed by atoms with Crippen molar-refractivity contribution in [2.24, 2.45) is 0 Å². The van der Waals surface area contributed by atoms with E-state index in [1.807, 2.05) is 13.8 Å². The molecule has 0 saturated heterocycles. The zero-order valence-electron chi connectivity index (χ0n) is 11.6. The molecule has 6 heteroatoms. The standard InChI is InChI=1S/C12H21NO5/c1-6-8(3)17-11(15)13(10(5)14)12(16)18-9(4)7-2/h8-9H,6-7H2,1-5H3. The fraction of sp³-hybridized carbons (Fsp3) is 0.750. The number of hydrogen-bond donors (Lipinski definition) is 0. The average molecular weight is 259 g/mol. The van der Waals surface area contributed by atoms with Crippen LogP contribution in [0.4, 0.5) is 9.59 Å². The van der Waals surface area contributed by atoms with Crippen LogP contribution in [0, 0.1) is 0 Å². The average Bonchev–Trinajstić information content (AvgIpc) is 2.27. The van der Waals surface area contributed by atoms with Crippen molar-refractivity contribution < 1.29 is 23.9 Å². The monoisotopic (exact) mass is 259 g/mol. The fourth-order valence-electron chi connectivity index (χ4n) is 0.948. The molecule has 0 aliphatic rings. The predicted molar refractivity (Wildman–Crippen MR) is 65.0 cm³/mol. The van der Waals surface area contributed by atoms with Crippen molar-refractivity contribution in [3.05, 3.63) is 0 Å². The van der Waals surface area contributed by atoms with Gasteiger partial charge in [0.1, 0.15) is 12.2 Å². The summed E-state index contributed by atoms with van der Waals surface area (Å²) in [5, 5.41) is 0. The molecular weight excluding hydrogens is 238 g/mol. The summed E-state index contributed by atoms with van der Waals surface area (Å²) in [6, 6.07) is 0. The van der Waals surface area contributed by atoms with Gasteiger partial charge >= 0.3 is 12.2 Å². The number of carbonyl (C=O) groups excluding carboxylic acids is 3. The van der Waals surface area contributed by atoms with Gasteiger partial charge in [0.2, 0.25) is 5.91 Å². The van der Waals surface area contributed by atoms with Crippen LogP contribution in [0.25, 0.3) is 0 Å². The van der Waals surface area contributed by atoms with Crippen LogP contribution < -0.4 is 0 Å². The van der Waals surface area contributed by atoms with E-state index in [1.54, 1.807) is 13.8 Å². The van der Waals surface area contributed by atoms with Crippen LogP contribution in [0.3, 0.4) is 0 Å². The molecule has 0 bridgehead atoms. The zero-order valence-corrected chi connectivity index (χ0v) is 11.6. The van der Waals surface area contributed by atoms with Crippen molar-refractivity contribution in [3.63, 3.8) is 0 Å². The molecular formula is C12H21NO5. The summed E-state index contributed by atoms with van der Waals surface area (Å²) in [6.07, 6.45) is -1.53. The van der Waals surface area contributed by atoms with Crippen molar-refractivity contribution in [1.82, 2.24) is 4.90 Å². The van der Waals surface area contributed by atoms with Crippen LogP contribution in [0.2, 0.25) is 0 Å². The Morgan fingerprint density at radius 1 is 0.944 bits per heavy atom. The van der Waals surface area contributed by atoms with Crippen LogP contribution in [-0.2, 0) is 14.3 Å². The van der Waals surface area contributed by atoms with E-state index in [0.717, 1.165) is 6.92 Å². The Balaban J connectivity index is 4.70. The normalized spacial score (nSPS) is 13.4. The van der Waals surface area contributed by atoms with E-state index in [1.165, 1.54) is 0 Å². The summed E-state index contributed by atoms with van der Waals surface area (Å²) in [5.74, 6) is -0.725. The molecule has 2 unspecified atom stereocenters. The van der Waals surface area contributed by atoms with Crippen LogP contribution in [0.1, 0.15) is 47.5 Å². The summed E-state index contributed by atoms with van der Waals surface area (Å²) in [5.41, 5.74) is 0. The molecule has 0 fully saturated rings. The van der Waals surface area contributed by atoms with Crippen LogP contribution in [0.5, 0.6) is 0 Å². The molecule has 0 aliphatic heterocycles. The Bertz CT molecular complexity index is 292. The van der Waals surface area contributed by atoms with Gasteiger partial charge in [-0.1, -0.05) is 13.8 Å². The van der Waals surface area contributed by atoms with Crippen molar-refractivity contribution in [2.45, 2.75) is 59.7 Å². The van der Waals surface area contributed by atoms with E-state index in [9.17, 15) is 14.4 Å². The zero-order chi connectivity index (χ0) is 14.3. The lowest BCUT2D eigenvalue weighted by molar-refractivity contribution is -0.126. The van der Waals surface area contributed by atoms with Gasteiger partial charge in [0, 0.05) is 6.92 Å². The summed E-state index contributed by atoms with van der Waals surface area (Å²) in [6.45, 7) is 8.11. The third kappa shape index (κ3) is 5.16. The smallest absolute Gasteiger partial charge is 0.426 e. The lowest BCUT2D eigenvalue weighted by Crippen LogP contribution is -2.43. The van der Waals surface area contributed by atoms with Gasteiger partial charge in [0.15, 0.2) is 0 Å². The first-order valence-electron chi connectivity index (χ1n) is 6.05. The lowest BCUT2D eigenvalue weighted by Gasteiger charge is -2.20. The molecule has 0 N–H and O–H groups in total. The lowest BCUT2D eigenvalue weighted by atomic mass is 10.3. The first kappa shape index (κ1) is 16.4. The highest BCUT2D eigenvalue weighted by atomic mass is 16.6. The molecule has 0 spiro atoms. The highest BCUT2D eigenvalue weighted by Crippen LogP contribution is 2.07. The van der Waals surface area contributed by atoms with E-state index >= 15 is 0 Å². The predicted octanol–water partition coefficient (Wildman–Crippen LogP) is 2.71. The molecule has 0 heterocycles. The minimum Gasteiger partial charge on any atom is -0.446 e. The van der Waals surface area contributed by atoms with Crippen LogP contribution >= 0.6 is 0 Å². The molecule has 0 aromatic heterocycles. The largest absolute Gasteiger partial charge is 0.446 e. The molecule has 104 valence electrons. The maximum atomic E-state index is 11.6. The highest BCUT2D eigenvalue weighted by molar-refractivity contribution is 6.05. The second-order valence-electron chi connectivity index (χ2n) is 4.06. The first-order valence-corrected chi connectivity index (χ1v) is 6.05. The maximum absolute atomic E-state index is 11.6. The van der Waals surface area contributed by atoms with Crippen LogP contribution in [-0.4, -0.2) is 35.2 Å². The Kier molecular flexibility index (Phi) is 7.00. The van der Waals surface area contributed by atoms with Gasteiger partial charge in [-0.15, -0.1) is 4.90 Å². The molecule has 0 aromatic rings. The SMILES string of the molecule is CCC(C)OC(=O)N(C(C)=O)C(=O)OC(C)CC. The molecule has 3 amide bonds. The fourth-order valence-corrected chi connectivity index (χ4v) is 0.948. The Labute approximate surface area is 107 Å². The van der Waals surface area contributed by atoms with Gasteiger partial charge in [-0.3, -0.25) is 4.79 Å². The molecule has 0 aromatic carbocycles. The molecule has 2 atom stereocenters. The maximum Gasteiger partial charge on any atom is 0.426 e. The second kappa shape index (κ2) is 7.68. The number of amides is 3. The number of ether oxygens (including phenoxy) is 2. The van der Waals surface area contributed by atoms with E-state index in [4.69, 9.17) is 9.47 Å². The van der Waals surface area contributed by atoms with Gasteiger partial charge < -0.3 is 9.47 Å². The molecule has 6 nitrogen and oxygen atoms in total. The molecule has 0 saturated carbocycles. The Morgan fingerprint density at radius 2 is 1.28 bits per heavy atom. The highest BCUT2D eigenvalue weighted by Gasteiger charge is 2.30. The van der Waals surface area contributed by atoms with Crippen molar-refractivity contribution in [1.29, 1.82) is 0 Å². The van der Waals surface area contributed by atoms with Gasteiger partial charge in [0.25, 0.3) is 0 Å². The summed E-state index contributed by atoms with van der Waals surface area (Å²) in [4.78, 5) is 35.0. The van der Waals surface area contributed by atoms with Crippen LogP contribution in [0.15, 0.2) is 0 Å². The van der Waals surface area contributed by atoms with Gasteiger partial charge in [0.05, 0.1) is 0 Å². The minimum atomic E-state index is -0.995. The van der Waals surface area contributed by atoms with Crippen molar-refractivity contribution >= 4 is 18.1 Å². The van der Waals surface area contributed by atoms with E-state index in [2.05, 4.69) is 0 Å². The van der Waals surface area contributed by atoms with Crippen molar-refractivity contribution in [2.75, 3.05) is 0 Å². The second-order valence-corrected chi connectivity index (χ2v) is 4.06. The van der Waals surface area contributed by atoms with Gasteiger partial charge in [-0.25, -0.2) is 9.59 Å². The molecule has 0 rings (SSSR count). The van der Waals surface area contributed by atoms with E-state index < -0.39 is 18.1 Å². The number of rotatable bonds is 4. The minimum absolute atomic E-state index is 0.365. The third-order valence-electron chi connectivity index (χ3n) is 2.43. The molecule has 0 aliphatic carbocycles. The van der Waals surface area contributed by atoms with Gasteiger partial charge in [-0.2, -0.15) is 0 Å². The summed E-state index contributed by atoms with van der Waals surface area (Å²) < 4.78 is 9.85. The van der Waals surface area contributed by atoms with E-state index in [0.29, 0.717) is 17.7 Å². The topological polar surface area (TPSA) is 72.9 Å². The summed E-state index contributed by atoms with van der Waals surface area (Å²) >= 11 is 0. The van der Waals surface area contributed by atoms with Crippen molar-refractivity contribution in [3.8, 4) is 0 Å². The molecule has 18 heavy (non-hydrogen) atoms. The number of hydrogen-bond acceptors (Lipinski definition) is 5. The number of carbonyl (C=O) groups is 3. The number of nitrogens with zero attached hydrogens (tertiary/aromatic N) is 1. The Hall–Kier alpha value is -1.59. The Morgan fingerprint density at radius 3 is 1.50 bits per heavy atom.